The maximum atomic E-state index is 13.4. The van der Waals surface area contributed by atoms with Crippen LogP contribution in [0.2, 0.25) is 28.2 Å². The summed E-state index contributed by atoms with van der Waals surface area (Å²) in [5, 5.41) is 13.3. The van der Waals surface area contributed by atoms with E-state index in [0.717, 1.165) is 21.8 Å². The minimum atomic E-state index is -1.91. The highest BCUT2D eigenvalue weighted by Gasteiger charge is 2.37. The lowest BCUT2D eigenvalue weighted by Gasteiger charge is -2.36. The van der Waals surface area contributed by atoms with Crippen LogP contribution in [0, 0.1) is 0 Å². The van der Waals surface area contributed by atoms with Gasteiger partial charge in [0, 0.05) is 30.8 Å². The Kier molecular flexibility index (Phi) is 13.6. The summed E-state index contributed by atoms with van der Waals surface area (Å²) < 4.78 is 19.3. The van der Waals surface area contributed by atoms with Crippen molar-refractivity contribution in [1.82, 2.24) is 19.7 Å². The number of pyridine rings is 1. The fourth-order valence-electron chi connectivity index (χ4n) is 4.70. The number of hydrogen-bond acceptors (Lipinski definition) is 8. The SMILES string of the molecule is CN(CC(=O)Nc1cc(Oc2ccc(NC(=O)Nc3cc(C(C)(C)C)nn3-c3ccc(CO[Si](C)(C)C(C)(C)C)cc3)c(Cl)c2Cl)ccn1)C(=O)OC(C)(C)C. The normalized spacial score (nSPS) is 12.2. The second-order valence-corrected chi connectivity index (χ2v) is 22.5. The fraction of sp³-hybridized carbons (Fsp3) is 0.425. The molecule has 0 bridgehead atoms. The van der Waals surface area contributed by atoms with Crippen LogP contribution in [0.5, 0.6) is 11.5 Å². The summed E-state index contributed by atoms with van der Waals surface area (Å²) in [6.45, 7) is 22.7. The van der Waals surface area contributed by atoms with Gasteiger partial charge in [-0.25, -0.2) is 19.3 Å². The molecule has 3 N–H and O–H groups in total. The molecule has 0 saturated carbocycles. The number of rotatable bonds is 11. The molecule has 0 unspecified atom stereocenters. The predicted octanol–water partition coefficient (Wildman–Crippen LogP) is 10.6. The van der Waals surface area contributed by atoms with Crippen LogP contribution in [0.15, 0.2) is 60.8 Å². The summed E-state index contributed by atoms with van der Waals surface area (Å²) in [5.41, 5.74) is 1.85. The first-order valence-corrected chi connectivity index (χ1v) is 21.8. The zero-order chi connectivity index (χ0) is 41.8. The van der Waals surface area contributed by atoms with Crippen LogP contribution >= 0.6 is 23.2 Å². The molecule has 0 fully saturated rings. The van der Waals surface area contributed by atoms with E-state index in [1.165, 1.54) is 19.3 Å². The number of hydrogen-bond donors (Lipinski definition) is 3. The molecule has 0 spiro atoms. The molecule has 2 aromatic carbocycles. The van der Waals surface area contributed by atoms with Gasteiger partial charge >= 0.3 is 12.1 Å². The van der Waals surface area contributed by atoms with E-state index in [-0.39, 0.29) is 44.3 Å². The Bertz CT molecular complexity index is 2050. The third-order valence-electron chi connectivity index (χ3n) is 8.91. The summed E-state index contributed by atoms with van der Waals surface area (Å²) in [5.74, 6) is 0.642. The molecule has 302 valence electrons. The number of carbonyl (C=O) groups is 3. The summed E-state index contributed by atoms with van der Waals surface area (Å²) in [7, 11) is -0.456. The van der Waals surface area contributed by atoms with Gasteiger partial charge in [-0.3, -0.25) is 10.1 Å². The first kappa shape index (κ1) is 44.1. The zero-order valence-corrected chi connectivity index (χ0v) is 36.7. The number of anilines is 3. The molecule has 4 aromatic rings. The molecule has 16 heteroatoms. The van der Waals surface area contributed by atoms with Gasteiger partial charge in [-0.05, 0) is 74.8 Å². The van der Waals surface area contributed by atoms with Gasteiger partial charge < -0.3 is 29.4 Å². The van der Waals surface area contributed by atoms with Gasteiger partial charge in [0.05, 0.1) is 28.7 Å². The second-order valence-electron chi connectivity index (χ2n) is 17.0. The number of benzene rings is 2. The highest BCUT2D eigenvalue weighted by atomic mass is 35.5. The van der Waals surface area contributed by atoms with E-state index in [4.69, 9.17) is 42.2 Å². The Morgan fingerprint density at radius 3 is 2.12 bits per heavy atom. The maximum Gasteiger partial charge on any atom is 0.410 e. The largest absolute Gasteiger partial charge is 0.456 e. The molecule has 0 aliphatic heterocycles. The van der Waals surface area contributed by atoms with E-state index in [0.29, 0.717) is 18.2 Å². The van der Waals surface area contributed by atoms with Crippen molar-refractivity contribution in [2.45, 2.75) is 98.1 Å². The quantitative estimate of drug-likeness (QED) is 0.127. The van der Waals surface area contributed by atoms with Crippen molar-refractivity contribution >= 4 is 66.9 Å². The number of carbonyl (C=O) groups excluding carboxylic acids is 3. The number of aromatic nitrogens is 3. The summed E-state index contributed by atoms with van der Waals surface area (Å²) in [6, 6.07) is 15.4. The van der Waals surface area contributed by atoms with Crippen molar-refractivity contribution < 1.29 is 28.3 Å². The smallest absolute Gasteiger partial charge is 0.410 e. The molecule has 0 saturated heterocycles. The molecule has 13 nitrogen and oxygen atoms in total. The third kappa shape index (κ3) is 11.9. The van der Waals surface area contributed by atoms with E-state index < -0.39 is 31.9 Å². The fourth-order valence-corrected chi connectivity index (χ4v) is 6.06. The van der Waals surface area contributed by atoms with Crippen molar-refractivity contribution in [3.63, 3.8) is 0 Å². The topological polar surface area (TPSA) is 149 Å². The molecule has 56 heavy (non-hydrogen) atoms. The van der Waals surface area contributed by atoms with Crippen molar-refractivity contribution in [3.05, 3.63) is 82.1 Å². The summed E-state index contributed by atoms with van der Waals surface area (Å²) in [6.07, 6.45) is 0.804. The lowest BCUT2D eigenvalue weighted by atomic mass is 9.92. The first-order chi connectivity index (χ1) is 25.8. The molecule has 2 heterocycles. The molecule has 4 amide bonds. The number of amides is 4. The maximum absolute atomic E-state index is 13.4. The van der Waals surface area contributed by atoms with Crippen LogP contribution in [0.25, 0.3) is 5.69 Å². The van der Waals surface area contributed by atoms with Crippen molar-refractivity contribution in [3.8, 4) is 17.2 Å². The molecule has 0 radical (unpaired) electrons. The van der Waals surface area contributed by atoms with Gasteiger partial charge in [0.1, 0.15) is 40.3 Å². The average molecular weight is 827 g/mol. The number of ether oxygens (including phenoxy) is 2. The molecule has 2 aromatic heterocycles. The number of urea groups is 1. The highest BCUT2D eigenvalue weighted by molar-refractivity contribution is 6.74. The molecule has 0 atom stereocenters. The van der Waals surface area contributed by atoms with Crippen LogP contribution < -0.4 is 20.7 Å². The summed E-state index contributed by atoms with van der Waals surface area (Å²) >= 11 is 13.2. The van der Waals surface area contributed by atoms with E-state index in [1.54, 1.807) is 43.7 Å². The number of nitrogens with one attached hydrogen (secondary N) is 3. The average Bonchev–Trinajstić information content (AvgIpc) is 3.50. The van der Waals surface area contributed by atoms with E-state index in [9.17, 15) is 14.4 Å². The minimum absolute atomic E-state index is 0.0449. The Balaban J connectivity index is 1.44. The predicted molar refractivity (Wildman–Crippen MR) is 225 cm³/mol. The Morgan fingerprint density at radius 1 is 0.857 bits per heavy atom. The van der Waals surface area contributed by atoms with Gasteiger partial charge in [-0.1, -0.05) is 76.9 Å². The van der Waals surface area contributed by atoms with E-state index >= 15 is 0 Å². The van der Waals surface area contributed by atoms with Gasteiger partial charge in [0.2, 0.25) is 5.91 Å². The molecule has 4 rings (SSSR count). The number of halogens is 2. The molecular formula is C40H53Cl2N7O6Si. The Hall–Kier alpha value is -4.63. The first-order valence-electron chi connectivity index (χ1n) is 18.1. The Morgan fingerprint density at radius 2 is 1.52 bits per heavy atom. The monoisotopic (exact) mass is 825 g/mol. The zero-order valence-electron chi connectivity index (χ0n) is 34.2. The van der Waals surface area contributed by atoms with Gasteiger partial charge in [-0.2, -0.15) is 5.10 Å². The molecule has 0 aliphatic rings. The minimum Gasteiger partial charge on any atom is -0.456 e. The van der Waals surface area contributed by atoms with Crippen LogP contribution in [0.3, 0.4) is 0 Å². The van der Waals surface area contributed by atoms with E-state index in [2.05, 4.69) is 54.8 Å². The highest BCUT2D eigenvalue weighted by Crippen LogP contribution is 2.40. The lowest BCUT2D eigenvalue weighted by molar-refractivity contribution is -0.117. The van der Waals surface area contributed by atoms with Crippen molar-refractivity contribution in [2.75, 3.05) is 29.5 Å². The van der Waals surface area contributed by atoms with Crippen LogP contribution in [-0.2, 0) is 26.0 Å². The second kappa shape index (κ2) is 17.2. The Labute approximate surface area is 340 Å². The van der Waals surface area contributed by atoms with Gasteiger partial charge in [-0.15, -0.1) is 0 Å². The van der Waals surface area contributed by atoms with Crippen LogP contribution in [-0.4, -0.2) is 65.2 Å². The molecule has 0 aliphatic carbocycles. The standard InChI is InChI=1S/C40H53Cl2N7O6Si/c1-38(2,3)30-22-32(49(47-30)26-15-13-25(14-16-26)24-53-56(11,12)40(7,8)9)46-36(51)44-28-17-18-29(35(42)34(28)41)54-27-19-20-43-31(21-27)45-33(50)23-48(10)37(52)55-39(4,5)6/h13-22H,23-24H2,1-12H3,(H,43,45,50)(H2,44,46,51). The lowest BCUT2D eigenvalue weighted by Crippen LogP contribution is -2.40. The van der Waals surface area contributed by atoms with Crippen LogP contribution in [0.4, 0.5) is 26.9 Å². The van der Waals surface area contributed by atoms with E-state index in [1.807, 2.05) is 51.1 Å². The molecular weight excluding hydrogens is 773 g/mol. The van der Waals surface area contributed by atoms with Crippen molar-refractivity contribution in [2.24, 2.45) is 0 Å². The number of likely N-dealkylation sites (N-methyl/N-ethyl adjacent to an activating group) is 1. The number of nitrogens with zero attached hydrogens (tertiary/aromatic N) is 4. The third-order valence-corrected chi connectivity index (χ3v) is 14.3. The van der Waals surface area contributed by atoms with Gasteiger partial charge in [0.15, 0.2) is 8.32 Å². The summed E-state index contributed by atoms with van der Waals surface area (Å²) in [4.78, 5) is 43.5. The van der Waals surface area contributed by atoms with Gasteiger partial charge in [0.25, 0.3) is 0 Å². The van der Waals surface area contributed by atoms with Crippen LogP contribution in [0.1, 0.15) is 73.6 Å². The van der Waals surface area contributed by atoms with Crippen molar-refractivity contribution in [1.29, 1.82) is 0 Å².